The zero-order chi connectivity index (χ0) is 18.5. The third-order valence-electron chi connectivity index (χ3n) is 3.56. The van der Waals surface area contributed by atoms with E-state index in [2.05, 4.69) is 15.5 Å². The van der Waals surface area contributed by atoms with Gasteiger partial charge in [-0.05, 0) is 24.1 Å². The number of amides is 1. The Kier molecular flexibility index (Phi) is 5.55. The van der Waals surface area contributed by atoms with Crippen LogP contribution in [0.3, 0.4) is 0 Å². The van der Waals surface area contributed by atoms with Crippen LogP contribution in [0.25, 0.3) is 0 Å². The lowest BCUT2D eigenvalue weighted by atomic mass is 10.1. The van der Waals surface area contributed by atoms with E-state index in [-0.39, 0.29) is 16.3 Å². The number of aromatic nitrogens is 2. The summed E-state index contributed by atoms with van der Waals surface area (Å²) in [5, 5.41) is 22.9. The van der Waals surface area contributed by atoms with Gasteiger partial charge in [-0.1, -0.05) is 53.3 Å². The van der Waals surface area contributed by atoms with Crippen molar-refractivity contribution in [3.63, 3.8) is 0 Å². The van der Waals surface area contributed by atoms with E-state index in [1.54, 1.807) is 0 Å². The number of aryl methyl sites for hydroxylation is 2. The number of carbonyl (C=O) groups excluding carboxylic acids is 1. The van der Waals surface area contributed by atoms with Crippen molar-refractivity contribution in [3.8, 4) is 0 Å². The van der Waals surface area contributed by atoms with Gasteiger partial charge >= 0.3 is 0 Å². The lowest BCUT2D eigenvalue weighted by Crippen LogP contribution is -2.13. The SMILES string of the molecule is O=C(Nc1nnc(CCc2ccccc2)s1)c1ccc(Cl)cc1[N+](=O)[O-]. The van der Waals surface area contributed by atoms with Crippen LogP contribution in [0.1, 0.15) is 20.9 Å². The summed E-state index contributed by atoms with van der Waals surface area (Å²) in [5.41, 5.74) is 0.745. The van der Waals surface area contributed by atoms with Crippen LogP contribution >= 0.6 is 22.9 Å². The van der Waals surface area contributed by atoms with Gasteiger partial charge < -0.3 is 0 Å². The monoisotopic (exact) mass is 388 g/mol. The van der Waals surface area contributed by atoms with E-state index in [0.717, 1.165) is 17.5 Å². The van der Waals surface area contributed by atoms with Crippen molar-refractivity contribution in [2.75, 3.05) is 5.32 Å². The maximum Gasteiger partial charge on any atom is 0.283 e. The highest BCUT2D eigenvalue weighted by Crippen LogP contribution is 2.25. The molecule has 0 aliphatic rings. The Bertz CT molecular complexity index is 946. The summed E-state index contributed by atoms with van der Waals surface area (Å²) in [4.78, 5) is 22.8. The number of rotatable bonds is 6. The van der Waals surface area contributed by atoms with Gasteiger partial charge in [-0.25, -0.2) is 0 Å². The second-order valence-electron chi connectivity index (χ2n) is 5.36. The van der Waals surface area contributed by atoms with E-state index in [1.807, 2.05) is 30.3 Å². The van der Waals surface area contributed by atoms with Gasteiger partial charge in [-0.15, -0.1) is 10.2 Å². The van der Waals surface area contributed by atoms with Gasteiger partial charge in [0, 0.05) is 17.5 Å². The molecule has 3 aromatic rings. The third-order valence-corrected chi connectivity index (χ3v) is 4.69. The van der Waals surface area contributed by atoms with E-state index in [9.17, 15) is 14.9 Å². The molecular formula is C17H13ClN4O3S. The van der Waals surface area contributed by atoms with Gasteiger partial charge in [-0.2, -0.15) is 0 Å². The fourth-order valence-corrected chi connectivity index (χ4v) is 3.21. The summed E-state index contributed by atoms with van der Waals surface area (Å²) in [6.07, 6.45) is 1.50. The number of nitro groups is 1. The molecule has 1 N–H and O–H groups in total. The average molecular weight is 389 g/mol. The predicted octanol–water partition coefficient (Wildman–Crippen LogP) is 4.14. The van der Waals surface area contributed by atoms with Crippen LogP contribution in [-0.4, -0.2) is 21.0 Å². The topological polar surface area (TPSA) is 98.0 Å². The molecule has 26 heavy (non-hydrogen) atoms. The minimum atomic E-state index is -0.647. The van der Waals surface area contributed by atoms with Crippen LogP contribution in [0.4, 0.5) is 10.8 Å². The lowest BCUT2D eigenvalue weighted by Gasteiger charge is -2.03. The first-order chi connectivity index (χ1) is 12.5. The Morgan fingerprint density at radius 1 is 1.15 bits per heavy atom. The molecule has 3 rings (SSSR count). The van der Waals surface area contributed by atoms with Gasteiger partial charge in [0.1, 0.15) is 10.6 Å². The third kappa shape index (κ3) is 4.41. The molecule has 1 aromatic heterocycles. The molecule has 0 radical (unpaired) electrons. The Hall–Kier alpha value is -2.84. The van der Waals surface area contributed by atoms with Crippen molar-refractivity contribution in [1.82, 2.24) is 10.2 Å². The van der Waals surface area contributed by atoms with Gasteiger partial charge in [0.2, 0.25) is 5.13 Å². The maximum atomic E-state index is 12.3. The van der Waals surface area contributed by atoms with Gasteiger partial charge in [0.15, 0.2) is 0 Å². The number of hydrogen-bond donors (Lipinski definition) is 1. The Balaban J connectivity index is 1.67. The summed E-state index contributed by atoms with van der Waals surface area (Å²) in [7, 11) is 0. The molecule has 0 unspecified atom stereocenters. The number of benzene rings is 2. The molecule has 0 fully saturated rings. The molecular weight excluding hydrogens is 376 g/mol. The van der Waals surface area contributed by atoms with Crippen LogP contribution < -0.4 is 5.32 Å². The molecule has 0 aliphatic heterocycles. The number of nitrogens with zero attached hydrogens (tertiary/aromatic N) is 3. The summed E-state index contributed by atoms with van der Waals surface area (Å²) in [6.45, 7) is 0. The highest BCUT2D eigenvalue weighted by molar-refractivity contribution is 7.15. The van der Waals surface area contributed by atoms with Crippen LogP contribution in [0, 0.1) is 10.1 Å². The van der Waals surface area contributed by atoms with Gasteiger partial charge in [-0.3, -0.25) is 20.2 Å². The smallest absolute Gasteiger partial charge is 0.283 e. The fourth-order valence-electron chi connectivity index (χ4n) is 2.31. The number of hydrogen-bond acceptors (Lipinski definition) is 6. The summed E-state index contributed by atoms with van der Waals surface area (Å²) in [6, 6.07) is 13.8. The minimum absolute atomic E-state index is 0.0829. The van der Waals surface area contributed by atoms with E-state index in [1.165, 1.54) is 29.0 Å². The van der Waals surface area contributed by atoms with Crippen molar-refractivity contribution < 1.29 is 9.72 Å². The minimum Gasteiger partial charge on any atom is -0.296 e. The molecule has 0 atom stereocenters. The van der Waals surface area contributed by atoms with Crippen LogP contribution in [0.5, 0.6) is 0 Å². The van der Waals surface area contributed by atoms with Gasteiger partial charge in [0.25, 0.3) is 11.6 Å². The predicted molar refractivity (Wildman–Crippen MR) is 99.8 cm³/mol. The van der Waals surface area contributed by atoms with Crippen molar-refractivity contribution >= 4 is 39.7 Å². The Morgan fingerprint density at radius 2 is 1.92 bits per heavy atom. The molecule has 2 aromatic carbocycles. The second kappa shape index (κ2) is 8.03. The number of nitrogens with one attached hydrogen (secondary N) is 1. The fraction of sp³-hybridized carbons (Fsp3) is 0.118. The molecule has 9 heteroatoms. The second-order valence-corrected chi connectivity index (χ2v) is 6.86. The highest BCUT2D eigenvalue weighted by atomic mass is 35.5. The quantitative estimate of drug-likeness (QED) is 0.505. The average Bonchev–Trinajstić information content (AvgIpc) is 3.08. The standard InChI is InChI=1S/C17H13ClN4O3S/c18-12-7-8-13(14(10-12)22(24)25)16(23)19-17-21-20-15(26-17)9-6-11-4-2-1-3-5-11/h1-5,7-8,10H,6,9H2,(H,19,21,23). The summed E-state index contributed by atoms with van der Waals surface area (Å²) >= 11 is 7.00. The van der Waals surface area contributed by atoms with E-state index in [0.29, 0.717) is 11.6 Å². The molecule has 0 aliphatic carbocycles. The zero-order valence-corrected chi connectivity index (χ0v) is 15.0. The maximum absolute atomic E-state index is 12.3. The molecule has 1 amide bonds. The Labute approximate surface area is 157 Å². The van der Waals surface area contributed by atoms with Crippen LogP contribution in [-0.2, 0) is 12.8 Å². The Morgan fingerprint density at radius 3 is 2.65 bits per heavy atom. The van der Waals surface area contributed by atoms with Crippen LogP contribution in [0.15, 0.2) is 48.5 Å². The number of anilines is 1. The normalized spacial score (nSPS) is 10.5. The first-order valence-corrected chi connectivity index (χ1v) is 8.84. The number of nitro benzene ring substituents is 1. The molecule has 0 saturated heterocycles. The first-order valence-electron chi connectivity index (χ1n) is 7.64. The van der Waals surface area contributed by atoms with Gasteiger partial charge in [0.05, 0.1) is 4.92 Å². The molecule has 0 spiro atoms. The zero-order valence-electron chi connectivity index (χ0n) is 13.4. The first kappa shape index (κ1) is 18.0. The van der Waals surface area contributed by atoms with E-state index >= 15 is 0 Å². The van der Waals surface area contributed by atoms with E-state index in [4.69, 9.17) is 11.6 Å². The number of halogens is 1. The molecule has 0 saturated carbocycles. The van der Waals surface area contributed by atoms with E-state index < -0.39 is 10.8 Å². The number of carbonyl (C=O) groups is 1. The molecule has 7 nitrogen and oxygen atoms in total. The highest BCUT2D eigenvalue weighted by Gasteiger charge is 2.21. The van der Waals surface area contributed by atoms with Crippen molar-refractivity contribution in [2.45, 2.75) is 12.8 Å². The summed E-state index contributed by atoms with van der Waals surface area (Å²) < 4.78 is 0. The van der Waals surface area contributed by atoms with Crippen molar-refractivity contribution in [3.05, 3.63) is 79.8 Å². The van der Waals surface area contributed by atoms with Crippen molar-refractivity contribution in [1.29, 1.82) is 0 Å². The molecule has 132 valence electrons. The lowest BCUT2D eigenvalue weighted by molar-refractivity contribution is -0.385. The van der Waals surface area contributed by atoms with Crippen molar-refractivity contribution in [2.24, 2.45) is 0 Å². The van der Waals surface area contributed by atoms with Crippen LogP contribution in [0.2, 0.25) is 5.02 Å². The molecule has 0 bridgehead atoms. The molecule has 1 heterocycles. The summed E-state index contributed by atoms with van der Waals surface area (Å²) in [5.74, 6) is -0.626. The largest absolute Gasteiger partial charge is 0.296 e.